The highest BCUT2D eigenvalue weighted by Gasteiger charge is 2.31. The fourth-order valence-corrected chi connectivity index (χ4v) is 2.89. The number of carbonyl (C=O) groups excluding carboxylic acids is 3. The summed E-state index contributed by atoms with van der Waals surface area (Å²) < 4.78 is 5.64. The standard InChI is InChI=1S/C15H17BrN2O4/c16-11-6-2-1-5-10(11)15(21)22-9-13(19)18-8-4-3-7-12(18)14(17)20/h1-2,5-6,12H,3-4,7-9H2,(H2,17,20)/t12-/m1/s1. The molecule has 1 atom stereocenters. The van der Waals surface area contributed by atoms with Crippen molar-refractivity contribution in [1.82, 2.24) is 4.90 Å². The second-order valence-corrected chi connectivity index (χ2v) is 5.91. The minimum Gasteiger partial charge on any atom is -0.452 e. The molecule has 1 aromatic rings. The molecule has 0 spiro atoms. The van der Waals surface area contributed by atoms with Gasteiger partial charge in [-0.1, -0.05) is 12.1 Å². The number of benzene rings is 1. The molecule has 1 aliphatic heterocycles. The van der Waals surface area contributed by atoms with Crippen LogP contribution in [0.5, 0.6) is 0 Å². The lowest BCUT2D eigenvalue weighted by Gasteiger charge is -2.33. The molecular weight excluding hydrogens is 352 g/mol. The van der Waals surface area contributed by atoms with Gasteiger partial charge in [-0.3, -0.25) is 9.59 Å². The Hall–Kier alpha value is -1.89. The zero-order chi connectivity index (χ0) is 16.1. The molecule has 1 aliphatic rings. The summed E-state index contributed by atoms with van der Waals surface area (Å²) in [5.74, 6) is -1.51. The van der Waals surface area contributed by atoms with E-state index in [-0.39, 0.29) is 0 Å². The Labute approximate surface area is 136 Å². The SMILES string of the molecule is NC(=O)[C@H]1CCCCN1C(=O)COC(=O)c1ccccc1Br. The highest BCUT2D eigenvalue weighted by atomic mass is 79.9. The molecule has 1 saturated heterocycles. The minimum absolute atomic E-state index is 0.348. The average molecular weight is 369 g/mol. The Balaban J connectivity index is 1.96. The first-order valence-corrected chi connectivity index (χ1v) is 7.80. The molecule has 0 saturated carbocycles. The smallest absolute Gasteiger partial charge is 0.339 e. The molecule has 6 nitrogen and oxygen atoms in total. The summed E-state index contributed by atoms with van der Waals surface area (Å²) in [6.07, 6.45) is 2.22. The van der Waals surface area contributed by atoms with Crippen LogP contribution in [0.2, 0.25) is 0 Å². The van der Waals surface area contributed by atoms with E-state index in [4.69, 9.17) is 10.5 Å². The van der Waals surface area contributed by atoms with Gasteiger partial charge in [-0.25, -0.2) is 4.79 Å². The number of halogens is 1. The minimum atomic E-state index is -0.608. The van der Waals surface area contributed by atoms with Crippen molar-refractivity contribution in [3.05, 3.63) is 34.3 Å². The molecule has 0 aromatic heterocycles. The molecule has 1 aromatic carbocycles. The zero-order valence-corrected chi connectivity index (χ0v) is 13.5. The first kappa shape index (κ1) is 16.5. The number of nitrogens with two attached hydrogens (primary N) is 1. The third kappa shape index (κ3) is 3.85. The predicted molar refractivity (Wildman–Crippen MR) is 83.0 cm³/mol. The molecule has 0 radical (unpaired) electrons. The molecule has 1 heterocycles. The number of rotatable bonds is 4. The van der Waals surface area contributed by atoms with E-state index in [9.17, 15) is 14.4 Å². The second kappa shape index (κ2) is 7.40. The number of amides is 2. The zero-order valence-electron chi connectivity index (χ0n) is 12.0. The second-order valence-electron chi connectivity index (χ2n) is 5.06. The first-order valence-electron chi connectivity index (χ1n) is 7.01. The van der Waals surface area contributed by atoms with Crippen molar-refractivity contribution >= 4 is 33.7 Å². The van der Waals surface area contributed by atoms with Crippen LogP contribution in [0, 0.1) is 0 Å². The molecule has 2 N–H and O–H groups in total. The van der Waals surface area contributed by atoms with Gasteiger partial charge in [-0.2, -0.15) is 0 Å². The van der Waals surface area contributed by atoms with E-state index < -0.39 is 30.4 Å². The number of carbonyl (C=O) groups is 3. The van der Waals surface area contributed by atoms with Crippen LogP contribution >= 0.6 is 15.9 Å². The summed E-state index contributed by atoms with van der Waals surface area (Å²) in [4.78, 5) is 36.9. The van der Waals surface area contributed by atoms with Gasteiger partial charge in [0, 0.05) is 11.0 Å². The molecule has 0 bridgehead atoms. The van der Waals surface area contributed by atoms with Gasteiger partial charge in [0.1, 0.15) is 6.04 Å². The van der Waals surface area contributed by atoms with Crippen LogP contribution in [0.4, 0.5) is 0 Å². The molecule has 2 amide bonds. The number of hydrogen-bond acceptors (Lipinski definition) is 4. The normalized spacial score (nSPS) is 17.9. The summed E-state index contributed by atoms with van der Waals surface area (Å²) in [5.41, 5.74) is 5.66. The fraction of sp³-hybridized carbons (Fsp3) is 0.400. The molecule has 22 heavy (non-hydrogen) atoms. The predicted octanol–water partition coefficient (Wildman–Crippen LogP) is 1.47. The van der Waals surface area contributed by atoms with Gasteiger partial charge in [-0.05, 0) is 47.3 Å². The van der Waals surface area contributed by atoms with Crippen LogP contribution in [-0.4, -0.2) is 41.9 Å². The molecule has 0 unspecified atom stereocenters. The molecular formula is C15H17BrN2O4. The highest BCUT2D eigenvalue weighted by molar-refractivity contribution is 9.10. The maximum atomic E-state index is 12.2. The van der Waals surface area contributed by atoms with Crippen LogP contribution in [0.3, 0.4) is 0 Å². The Kier molecular flexibility index (Phi) is 5.54. The quantitative estimate of drug-likeness (QED) is 0.814. The van der Waals surface area contributed by atoms with E-state index in [0.717, 1.165) is 12.8 Å². The van der Waals surface area contributed by atoms with E-state index in [1.807, 2.05) is 0 Å². The first-order chi connectivity index (χ1) is 10.5. The van der Waals surface area contributed by atoms with Crippen LogP contribution < -0.4 is 5.73 Å². The van der Waals surface area contributed by atoms with E-state index >= 15 is 0 Å². The monoisotopic (exact) mass is 368 g/mol. The number of hydrogen-bond donors (Lipinski definition) is 1. The van der Waals surface area contributed by atoms with E-state index in [1.165, 1.54) is 4.90 Å². The summed E-state index contributed by atoms with van der Waals surface area (Å²) in [6, 6.07) is 6.19. The lowest BCUT2D eigenvalue weighted by Crippen LogP contribution is -2.51. The summed E-state index contributed by atoms with van der Waals surface area (Å²) in [7, 11) is 0. The van der Waals surface area contributed by atoms with Crippen molar-refractivity contribution < 1.29 is 19.1 Å². The highest BCUT2D eigenvalue weighted by Crippen LogP contribution is 2.18. The molecule has 2 rings (SSSR count). The van der Waals surface area contributed by atoms with Crippen LogP contribution in [0.15, 0.2) is 28.7 Å². The van der Waals surface area contributed by atoms with Gasteiger partial charge in [0.2, 0.25) is 5.91 Å². The third-order valence-corrected chi connectivity index (χ3v) is 4.26. The number of esters is 1. The van der Waals surface area contributed by atoms with Crippen molar-refractivity contribution in [2.24, 2.45) is 5.73 Å². The number of ether oxygens (including phenoxy) is 1. The molecule has 7 heteroatoms. The van der Waals surface area contributed by atoms with Gasteiger partial charge >= 0.3 is 5.97 Å². The number of primary amides is 1. The van der Waals surface area contributed by atoms with Gasteiger partial charge in [0.25, 0.3) is 5.91 Å². The Morgan fingerprint density at radius 2 is 2.00 bits per heavy atom. The number of likely N-dealkylation sites (tertiary alicyclic amines) is 1. The molecule has 1 fully saturated rings. The number of nitrogens with zero attached hydrogens (tertiary/aromatic N) is 1. The Bertz CT molecular complexity index is 591. The van der Waals surface area contributed by atoms with Gasteiger partial charge in [0.15, 0.2) is 6.61 Å². The summed E-state index contributed by atoms with van der Waals surface area (Å²) in [6.45, 7) is 0.0585. The summed E-state index contributed by atoms with van der Waals surface area (Å²) >= 11 is 3.25. The van der Waals surface area contributed by atoms with E-state index in [2.05, 4.69) is 15.9 Å². The number of piperidine rings is 1. The maximum Gasteiger partial charge on any atom is 0.339 e. The topological polar surface area (TPSA) is 89.7 Å². The lowest BCUT2D eigenvalue weighted by molar-refractivity contribution is -0.143. The maximum absolute atomic E-state index is 12.2. The van der Waals surface area contributed by atoms with Gasteiger partial charge in [0.05, 0.1) is 5.56 Å². The fourth-order valence-electron chi connectivity index (χ4n) is 2.44. The van der Waals surface area contributed by atoms with E-state index in [1.54, 1.807) is 24.3 Å². The van der Waals surface area contributed by atoms with Crippen LogP contribution in [-0.2, 0) is 14.3 Å². The Morgan fingerprint density at radius 1 is 1.27 bits per heavy atom. The van der Waals surface area contributed by atoms with Crippen molar-refractivity contribution in [3.8, 4) is 0 Å². The van der Waals surface area contributed by atoms with Gasteiger partial charge in [-0.15, -0.1) is 0 Å². The Morgan fingerprint density at radius 3 is 2.68 bits per heavy atom. The van der Waals surface area contributed by atoms with E-state index in [0.29, 0.717) is 23.0 Å². The van der Waals surface area contributed by atoms with Crippen molar-refractivity contribution in [3.63, 3.8) is 0 Å². The molecule has 118 valence electrons. The van der Waals surface area contributed by atoms with Crippen LogP contribution in [0.25, 0.3) is 0 Å². The summed E-state index contributed by atoms with van der Waals surface area (Å²) in [5, 5.41) is 0. The van der Waals surface area contributed by atoms with Crippen molar-refractivity contribution in [2.45, 2.75) is 25.3 Å². The van der Waals surface area contributed by atoms with Crippen LogP contribution in [0.1, 0.15) is 29.6 Å². The lowest BCUT2D eigenvalue weighted by atomic mass is 10.0. The molecule has 0 aliphatic carbocycles. The van der Waals surface area contributed by atoms with Gasteiger partial charge < -0.3 is 15.4 Å². The van der Waals surface area contributed by atoms with Crippen molar-refractivity contribution in [1.29, 1.82) is 0 Å². The van der Waals surface area contributed by atoms with Crippen molar-refractivity contribution in [2.75, 3.05) is 13.2 Å². The average Bonchev–Trinajstić information content (AvgIpc) is 2.52. The largest absolute Gasteiger partial charge is 0.452 e. The third-order valence-electron chi connectivity index (χ3n) is 3.57.